The highest BCUT2D eigenvalue weighted by Crippen LogP contribution is 2.27. The Hall–Kier alpha value is -3.02. The Kier molecular flexibility index (Phi) is 5.64. The van der Waals surface area contributed by atoms with Gasteiger partial charge in [0.1, 0.15) is 11.5 Å². The number of ether oxygens (including phenoxy) is 2. The van der Waals surface area contributed by atoms with E-state index in [2.05, 4.69) is 0 Å². The van der Waals surface area contributed by atoms with Crippen molar-refractivity contribution in [3.05, 3.63) is 59.2 Å². The first kappa shape index (κ1) is 18.8. The standard InChI is InChI=1S/C21H23NO5/c1-26-17-8-14(9-18(11-17)27-2)7-15-12-22(13-15)20(23)10-16-5-3-4-6-19(16)21(24)25/h3-6,8-9,11,15H,7,10,12-13H2,1-2H3,(H,24,25). The molecule has 6 nitrogen and oxygen atoms in total. The van der Waals surface area contributed by atoms with Crippen LogP contribution in [-0.2, 0) is 17.6 Å². The number of benzene rings is 2. The number of carboxylic acid groups (broad SMARTS) is 1. The molecule has 0 aromatic heterocycles. The van der Waals surface area contributed by atoms with Crippen molar-refractivity contribution in [1.82, 2.24) is 4.90 Å². The summed E-state index contributed by atoms with van der Waals surface area (Å²) in [6.45, 7) is 1.35. The molecule has 0 atom stereocenters. The summed E-state index contributed by atoms with van der Waals surface area (Å²) in [5.74, 6) is 0.833. The van der Waals surface area contributed by atoms with E-state index in [0.717, 1.165) is 23.5 Å². The number of carbonyl (C=O) groups is 2. The number of likely N-dealkylation sites (tertiary alicyclic amines) is 1. The lowest BCUT2D eigenvalue weighted by Gasteiger charge is -2.39. The summed E-state index contributed by atoms with van der Waals surface area (Å²) >= 11 is 0. The molecule has 0 bridgehead atoms. The Morgan fingerprint density at radius 1 is 1.07 bits per heavy atom. The van der Waals surface area contributed by atoms with Crippen LogP contribution >= 0.6 is 0 Å². The smallest absolute Gasteiger partial charge is 0.335 e. The zero-order valence-electron chi connectivity index (χ0n) is 15.5. The Labute approximate surface area is 158 Å². The van der Waals surface area contributed by atoms with Gasteiger partial charge in [-0.15, -0.1) is 0 Å². The number of hydrogen-bond acceptors (Lipinski definition) is 4. The molecule has 1 N–H and O–H groups in total. The first-order valence-corrected chi connectivity index (χ1v) is 8.81. The van der Waals surface area contributed by atoms with Gasteiger partial charge in [0.15, 0.2) is 0 Å². The van der Waals surface area contributed by atoms with Crippen LogP contribution in [-0.4, -0.2) is 49.2 Å². The molecule has 0 spiro atoms. The summed E-state index contributed by atoms with van der Waals surface area (Å²) in [6.07, 6.45) is 0.950. The third-order valence-corrected chi connectivity index (χ3v) is 4.83. The predicted molar refractivity (Wildman–Crippen MR) is 100 cm³/mol. The van der Waals surface area contributed by atoms with Crippen molar-refractivity contribution in [2.45, 2.75) is 12.8 Å². The molecule has 1 saturated heterocycles. The summed E-state index contributed by atoms with van der Waals surface area (Å²) in [6, 6.07) is 12.4. The van der Waals surface area contributed by atoms with Gasteiger partial charge in [-0.1, -0.05) is 18.2 Å². The molecular formula is C21H23NO5. The van der Waals surface area contributed by atoms with Crippen LogP contribution < -0.4 is 9.47 Å². The zero-order chi connectivity index (χ0) is 19.4. The van der Waals surface area contributed by atoms with Crippen LogP contribution in [0.15, 0.2) is 42.5 Å². The van der Waals surface area contributed by atoms with E-state index < -0.39 is 5.97 Å². The van der Waals surface area contributed by atoms with Crippen LogP contribution in [0, 0.1) is 5.92 Å². The van der Waals surface area contributed by atoms with Gasteiger partial charge in [-0.25, -0.2) is 4.79 Å². The topological polar surface area (TPSA) is 76.1 Å². The fraction of sp³-hybridized carbons (Fsp3) is 0.333. The van der Waals surface area contributed by atoms with Gasteiger partial charge in [0, 0.05) is 19.2 Å². The van der Waals surface area contributed by atoms with Crippen molar-refractivity contribution >= 4 is 11.9 Å². The molecule has 1 fully saturated rings. The number of nitrogens with zero attached hydrogens (tertiary/aromatic N) is 1. The summed E-state index contributed by atoms with van der Waals surface area (Å²) < 4.78 is 10.6. The minimum Gasteiger partial charge on any atom is -0.497 e. The summed E-state index contributed by atoms with van der Waals surface area (Å²) in [5, 5.41) is 9.23. The lowest BCUT2D eigenvalue weighted by Crippen LogP contribution is -2.51. The monoisotopic (exact) mass is 369 g/mol. The van der Waals surface area contributed by atoms with E-state index >= 15 is 0 Å². The van der Waals surface area contributed by atoms with E-state index in [9.17, 15) is 14.7 Å². The molecule has 0 radical (unpaired) electrons. The average Bonchev–Trinajstić information content (AvgIpc) is 2.64. The molecular weight excluding hydrogens is 346 g/mol. The minimum absolute atomic E-state index is 0.0387. The quantitative estimate of drug-likeness (QED) is 0.812. The van der Waals surface area contributed by atoms with Crippen molar-refractivity contribution in [3.63, 3.8) is 0 Å². The highest BCUT2D eigenvalue weighted by Gasteiger charge is 2.31. The number of methoxy groups -OCH3 is 2. The number of hydrogen-bond donors (Lipinski definition) is 1. The molecule has 1 aliphatic rings. The molecule has 2 aromatic carbocycles. The maximum absolute atomic E-state index is 12.5. The zero-order valence-corrected chi connectivity index (χ0v) is 15.5. The summed E-state index contributed by atoms with van der Waals surface area (Å²) in [7, 11) is 3.24. The highest BCUT2D eigenvalue weighted by molar-refractivity contribution is 5.91. The number of amides is 1. The van der Waals surface area contributed by atoms with Gasteiger partial charge < -0.3 is 19.5 Å². The molecule has 0 aliphatic carbocycles. The van der Waals surface area contributed by atoms with Crippen molar-refractivity contribution in [2.75, 3.05) is 27.3 Å². The molecule has 0 saturated carbocycles. The van der Waals surface area contributed by atoms with E-state index in [4.69, 9.17) is 9.47 Å². The lowest BCUT2D eigenvalue weighted by molar-refractivity contribution is -0.136. The molecule has 1 heterocycles. The molecule has 2 aromatic rings. The maximum Gasteiger partial charge on any atom is 0.335 e. The molecule has 142 valence electrons. The molecule has 0 unspecified atom stereocenters. The van der Waals surface area contributed by atoms with Gasteiger partial charge in [0.05, 0.1) is 26.2 Å². The van der Waals surface area contributed by atoms with Crippen LogP contribution in [0.3, 0.4) is 0 Å². The molecule has 1 amide bonds. The van der Waals surface area contributed by atoms with Crippen LogP contribution in [0.25, 0.3) is 0 Å². The van der Waals surface area contributed by atoms with Crippen LogP contribution in [0.1, 0.15) is 21.5 Å². The Morgan fingerprint density at radius 3 is 2.30 bits per heavy atom. The molecule has 6 heteroatoms. The number of carboxylic acids is 1. The third-order valence-electron chi connectivity index (χ3n) is 4.83. The number of carbonyl (C=O) groups excluding carboxylic acids is 1. The van der Waals surface area contributed by atoms with Crippen molar-refractivity contribution < 1.29 is 24.2 Å². The second-order valence-corrected chi connectivity index (χ2v) is 6.73. The predicted octanol–water partition coefficient (Wildman–Crippen LogP) is 2.65. The fourth-order valence-electron chi connectivity index (χ4n) is 3.38. The van der Waals surface area contributed by atoms with Gasteiger partial charge in [0.25, 0.3) is 0 Å². The van der Waals surface area contributed by atoms with Crippen LogP contribution in [0.5, 0.6) is 11.5 Å². The highest BCUT2D eigenvalue weighted by atomic mass is 16.5. The van der Waals surface area contributed by atoms with E-state index in [-0.39, 0.29) is 17.9 Å². The van der Waals surface area contributed by atoms with Crippen LogP contribution in [0.4, 0.5) is 0 Å². The Balaban J connectivity index is 1.57. The third kappa shape index (κ3) is 4.39. The maximum atomic E-state index is 12.5. The normalized spacial score (nSPS) is 13.8. The minimum atomic E-state index is -1.01. The van der Waals surface area contributed by atoms with Gasteiger partial charge in [0.2, 0.25) is 5.91 Å². The Bertz CT molecular complexity index is 820. The van der Waals surface area contributed by atoms with E-state index in [1.165, 1.54) is 6.07 Å². The van der Waals surface area contributed by atoms with Crippen LogP contribution in [0.2, 0.25) is 0 Å². The van der Waals surface area contributed by atoms with Gasteiger partial charge in [-0.05, 0) is 41.7 Å². The van der Waals surface area contributed by atoms with Gasteiger partial charge in [-0.2, -0.15) is 0 Å². The molecule has 27 heavy (non-hydrogen) atoms. The van der Waals surface area contributed by atoms with Crippen molar-refractivity contribution in [2.24, 2.45) is 5.92 Å². The fourth-order valence-corrected chi connectivity index (χ4v) is 3.38. The van der Waals surface area contributed by atoms with E-state index in [0.29, 0.717) is 24.6 Å². The average molecular weight is 369 g/mol. The molecule has 1 aliphatic heterocycles. The van der Waals surface area contributed by atoms with Crippen molar-refractivity contribution in [1.29, 1.82) is 0 Å². The Morgan fingerprint density at radius 2 is 1.70 bits per heavy atom. The van der Waals surface area contributed by atoms with Gasteiger partial charge >= 0.3 is 5.97 Å². The first-order valence-electron chi connectivity index (χ1n) is 8.81. The van der Waals surface area contributed by atoms with E-state index in [1.54, 1.807) is 37.3 Å². The first-order chi connectivity index (χ1) is 13.0. The summed E-state index contributed by atoms with van der Waals surface area (Å²) in [5.41, 5.74) is 1.85. The van der Waals surface area contributed by atoms with E-state index in [1.807, 2.05) is 18.2 Å². The summed E-state index contributed by atoms with van der Waals surface area (Å²) in [4.78, 5) is 25.5. The van der Waals surface area contributed by atoms with Crippen molar-refractivity contribution in [3.8, 4) is 11.5 Å². The largest absolute Gasteiger partial charge is 0.497 e. The lowest BCUT2D eigenvalue weighted by atomic mass is 9.91. The molecule has 3 rings (SSSR count). The number of rotatable bonds is 7. The van der Waals surface area contributed by atoms with Gasteiger partial charge in [-0.3, -0.25) is 4.79 Å². The second-order valence-electron chi connectivity index (χ2n) is 6.73. The SMILES string of the molecule is COc1cc(CC2CN(C(=O)Cc3ccccc3C(=O)O)C2)cc(OC)c1. The second kappa shape index (κ2) is 8.12. The number of aromatic carboxylic acids is 1.